The Bertz CT molecular complexity index is 493. The van der Waals surface area contributed by atoms with Crippen LogP contribution in [-0.4, -0.2) is 13.7 Å². The minimum absolute atomic E-state index is 0.119. The number of furan rings is 1. The summed E-state index contributed by atoms with van der Waals surface area (Å²) in [6.07, 6.45) is 1.69. The lowest BCUT2D eigenvalue weighted by molar-refractivity contribution is 0.414. The molecule has 1 unspecified atom stereocenters. The summed E-state index contributed by atoms with van der Waals surface area (Å²) in [7, 11) is 1.67. The van der Waals surface area contributed by atoms with Gasteiger partial charge in [0, 0.05) is 5.56 Å². The molecule has 0 spiro atoms. The molecule has 3 nitrogen and oxygen atoms in total. The molecule has 2 aromatic rings. The predicted octanol–water partition coefficient (Wildman–Crippen LogP) is 3.75. The second-order valence-corrected chi connectivity index (χ2v) is 4.63. The molecule has 4 heteroatoms. The monoisotopic (exact) mass is 309 g/mol. The smallest absolute Gasteiger partial charge is 0.174 e. The molecule has 0 aliphatic carbocycles. The lowest BCUT2D eigenvalue weighted by atomic mass is 10.0. The Morgan fingerprint density at radius 3 is 2.50 bits per heavy atom. The van der Waals surface area contributed by atoms with Gasteiger partial charge in [-0.2, -0.15) is 0 Å². The first-order valence-electron chi connectivity index (χ1n) is 5.86. The van der Waals surface area contributed by atoms with Crippen LogP contribution in [-0.2, 0) is 0 Å². The van der Waals surface area contributed by atoms with Gasteiger partial charge in [-0.05, 0) is 46.2 Å². The molecule has 0 amide bonds. The van der Waals surface area contributed by atoms with Crippen LogP contribution in [0.15, 0.2) is 45.7 Å². The lowest BCUT2D eigenvalue weighted by Crippen LogP contribution is -2.21. The van der Waals surface area contributed by atoms with Crippen LogP contribution in [0, 0.1) is 0 Å². The maximum atomic E-state index is 5.31. The Morgan fingerprint density at radius 1 is 1.28 bits per heavy atom. The van der Waals surface area contributed by atoms with Crippen molar-refractivity contribution in [2.45, 2.75) is 13.0 Å². The van der Waals surface area contributed by atoms with E-state index in [9.17, 15) is 0 Å². The van der Waals surface area contributed by atoms with E-state index in [0.29, 0.717) is 0 Å². The highest BCUT2D eigenvalue weighted by Crippen LogP contribution is 2.30. The van der Waals surface area contributed by atoms with Gasteiger partial charge in [0.1, 0.15) is 5.75 Å². The van der Waals surface area contributed by atoms with E-state index in [4.69, 9.17) is 9.15 Å². The molecule has 0 aliphatic heterocycles. The van der Waals surface area contributed by atoms with E-state index < -0.39 is 0 Å². The molecule has 1 N–H and O–H groups in total. The average Bonchev–Trinajstić information content (AvgIpc) is 2.82. The summed E-state index contributed by atoms with van der Waals surface area (Å²) in [4.78, 5) is 0. The number of rotatable bonds is 5. The molecule has 18 heavy (non-hydrogen) atoms. The van der Waals surface area contributed by atoms with Gasteiger partial charge in [-0.1, -0.05) is 19.1 Å². The molecule has 2 rings (SSSR count). The molecule has 0 radical (unpaired) electrons. The van der Waals surface area contributed by atoms with Gasteiger partial charge in [0.2, 0.25) is 0 Å². The van der Waals surface area contributed by atoms with Crippen LogP contribution >= 0.6 is 15.9 Å². The number of ether oxygens (including phenoxy) is 1. The number of benzene rings is 1. The average molecular weight is 310 g/mol. The fourth-order valence-corrected chi connectivity index (χ4v) is 2.39. The summed E-state index contributed by atoms with van der Waals surface area (Å²) in [5.74, 6) is 0.861. The Labute approximate surface area is 115 Å². The van der Waals surface area contributed by atoms with Crippen molar-refractivity contribution in [1.29, 1.82) is 0 Å². The summed E-state index contributed by atoms with van der Waals surface area (Å²) < 4.78 is 11.3. The third-order valence-corrected chi connectivity index (χ3v) is 3.46. The molecule has 1 heterocycles. The fraction of sp³-hybridized carbons (Fsp3) is 0.286. The van der Waals surface area contributed by atoms with Gasteiger partial charge in [0.25, 0.3) is 0 Å². The van der Waals surface area contributed by atoms with Crippen LogP contribution in [0.4, 0.5) is 0 Å². The van der Waals surface area contributed by atoms with Gasteiger partial charge < -0.3 is 14.5 Å². The maximum Gasteiger partial charge on any atom is 0.174 e. The van der Waals surface area contributed by atoms with E-state index in [1.165, 1.54) is 5.56 Å². The molecule has 0 saturated heterocycles. The molecule has 1 aromatic carbocycles. The van der Waals surface area contributed by atoms with Crippen molar-refractivity contribution in [2.75, 3.05) is 13.7 Å². The van der Waals surface area contributed by atoms with E-state index >= 15 is 0 Å². The zero-order valence-electron chi connectivity index (χ0n) is 10.4. The summed E-state index contributed by atoms with van der Waals surface area (Å²) >= 11 is 3.43. The molecule has 96 valence electrons. The second-order valence-electron chi connectivity index (χ2n) is 3.91. The molecular formula is C14H16BrNO2. The van der Waals surface area contributed by atoms with Crippen molar-refractivity contribution in [3.8, 4) is 5.75 Å². The first-order chi connectivity index (χ1) is 8.76. The number of hydrogen-bond donors (Lipinski definition) is 1. The summed E-state index contributed by atoms with van der Waals surface area (Å²) in [6.45, 7) is 2.97. The Balaban J connectivity index is 2.32. The van der Waals surface area contributed by atoms with Gasteiger partial charge in [0.15, 0.2) is 4.67 Å². The Morgan fingerprint density at radius 2 is 2.00 bits per heavy atom. The van der Waals surface area contributed by atoms with Gasteiger partial charge in [-0.3, -0.25) is 0 Å². The van der Waals surface area contributed by atoms with Crippen LogP contribution in [0.2, 0.25) is 0 Å². The van der Waals surface area contributed by atoms with Crippen molar-refractivity contribution in [1.82, 2.24) is 5.32 Å². The van der Waals surface area contributed by atoms with Gasteiger partial charge in [0.05, 0.1) is 19.4 Å². The molecule has 0 saturated carbocycles. The number of halogens is 1. The van der Waals surface area contributed by atoms with Crippen molar-refractivity contribution >= 4 is 15.9 Å². The minimum atomic E-state index is 0.119. The van der Waals surface area contributed by atoms with Crippen LogP contribution < -0.4 is 10.1 Å². The third kappa shape index (κ3) is 2.76. The molecule has 0 fully saturated rings. The Hall–Kier alpha value is -1.26. The highest BCUT2D eigenvalue weighted by Gasteiger charge is 2.17. The van der Waals surface area contributed by atoms with Crippen LogP contribution in [0.25, 0.3) is 0 Å². The van der Waals surface area contributed by atoms with Crippen molar-refractivity contribution in [3.05, 3.63) is 52.4 Å². The zero-order valence-corrected chi connectivity index (χ0v) is 12.0. The van der Waals surface area contributed by atoms with Gasteiger partial charge in [-0.15, -0.1) is 0 Å². The largest absolute Gasteiger partial charge is 0.497 e. The molecule has 1 atom stereocenters. The normalized spacial score (nSPS) is 12.4. The first-order valence-corrected chi connectivity index (χ1v) is 6.65. The van der Waals surface area contributed by atoms with Gasteiger partial charge >= 0.3 is 0 Å². The number of nitrogens with one attached hydrogen (secondary N) is 1. The highest BCUT2D eigenvalue weighted by atomic mass is 79.9. The molecular weight excluding hydrogens is 294 g/mol. The molecule has 1 aromatic heterocycles. The summed E-state index contributed by atoms with van der Waals surface area (Å²) in [5, 5.41) is 3.45. The lowest BCUT2D eigenvalue weighted by Gasteiger charge is -2.17. The third-order valence-electron chi connectivity index (χ3n) is 2.81. The minimum Gasteiger partial charge on any atom is -0.497 e. The van der Waals surface area contributed by atoms with Crippen LogP contribution in [0.5, 0.6) is 5.75 Å². The van der Waals surface area contributed by atoms with Crippen molar-refractivity contribution in [2.24, 2.45) is 0 Å². The second kappa shape index (κ2) is 6.07. The molecule has 0 aliphatic rings. The van der Waals surface area contributed by atoms with E-state index in [1.54, 1.807) is 13.4 Å². The first kappa shape index (κ1) is 13.2. The number of methoxy groups -OCH3 is 1. The van der Waals surface area contributed by atoms with Crippen molar-refractivity contribution in [3.63, 3.8) is 0 Å². The zero-order chi connectivity index (χ0) is 13.0. The predicted molar refractivity (Wildman–Crippen MR) is 74.9 cm³/mol. The number of hydrogen-bond acceptors (Lipinski definition) is 3. The molecule has 0 bridgehead atoms. The SMILES string of the molecule is CCNC(c1ccc(OC)cc1)c1ccoc1Br. The van der Waals surface area contributed by atoms with Crippen LogP contribution in [0.1, 0.15) is 24.1 Å². The van der Waals surface area contributed by atoms with E-state index in [2.05, 4.69) is 40.3 Å². The topological polar surface area (TPSA) is 34.4 Å². The highest BCUT2D eigenvalue weighted by molar-refractivity contribution is 9.10. The van der Waals surface area contributed by atoms with Crippen molar-refractivity contribution < 1.29 is 9.15 Å². The van der Waals surface area contributed by atoms with E-state index in [-0.39, 0.29) is 6.04 Å². The summed E-state index contributed by atoms with van der Waals surface area (Å²) in [5.41, 5.74) is 2.28. The summed E-state index contributed by atoms with van der Waals surface area (Å²) in [6, 6.07) is 10.1. The standard InChI is InChI=1S/C14H16BrNO2/c1-3-16-13(12-8-9-18-14(12)15)10-4-6-11(17-2)7-5-10/h4-9,13,16H,3H2,1-2H3. The Kier molecular flexibility index (Phi) is 4.44. The maximum absolute atomic E-state index is 5.31. The van der Waals surface area contributed by atoms with E-state index in [1.807, 2.05) is 18.2 Å². The van der Waals surface area contributed by atoms with E-state index in [0.717, 1.165) is 22.5 Å². The fourth-order valence-electron chi connectivity index (χ4n) is 1.92. The van der Waals surface area contributed by atoms with Gasteiger partial charge in [-0.25, -0.2) is 0 Å². The van der Waals surface area contributed by atoms with Crippen LogP contribution in [0.3, 0.4) is 0 Å². The quantitative estimate of drug-likeness (QED) is 0.913.